The van der Waals surface area contributed by atoms with E-state index < -0.39 is 23.2 Å². The molecule has 0 saturated heterocycles. The van der Waals surface area contributed by atoms with Crippen LogP contribution in [0, 0.1) is 0 Å². The number of carbonyl (C=O) groups is 1. The van der Waals surface area contributed by atoms with Gasteiger partial charge in [-0.25, -0.2) is 0 Å². The standard InChI is InChI=1S/C16H16F3NOS2/c1-2-11-5-7-12(8-6-11)15(13-4-3-9-22-13)20-14(21)10-23-16(17,18)19/h3-9,15H,2,10H2,1H3,(H,20,21). The number of hydrogen-bond donors (Lipinski definition) is 1. The molecule has 0 aliphatic rings. The number of rotatable bonds is 6. The van der Waals surface area contributed by atoms with Crippen molar-refractivity contribution in [2.75, 3.05) is 5.75 Å². The molecule has 1 unspecified atom stereocenters. The smallest absolute Gasteiger partial charge is 0.344 e. The third kappa shape index (κ3) is 5.58. The number of carbonyl (C=O) groups excluding carboxylic acids is 1. The molecule has 1 amide bonds. The summed E-state index contributed by atoms with van der Waals surface area (Å²) in [5, 5.41) is 4.57. The molecule has 2 aromatic rings. The highest BCUT2D eigenvalue weighted by Gasteiger charge is 2.30. The van der Waals surface area contributed by atoms with Crippen molar-refractivity contribution in [2.24, 2.45) is 0 Å². The molecule has 0 spiro atoms. The summed E-state index contributed by atoms with van der Waals surface area (Å²) in [4.78, 5) is 12.8. The third-order valence-corrected chi connectivity index (χ3v) is 4.89. The summed E-state index contributed by atoms with van der Waals surface area (Å²) in [6.45, 7) is 2.04. The largest absolute Gasteiger partial charge is 0.442 e. The summed E-state index contributed by atoms with van der Waals surface area (Å²) in [6, 6.07) is 11.0. The Hall–Kier alpha value is -1.47. The lowest BCUT2D eigenvalue weighted by molar-refractivity contribution is -0.119. The lowest BCUT2D eigenvalue weighted by Gasteiger charge is -2.18. The summed E-state index contributed by atoms with van der Waals surface area (Å²) in [5.74, 6) is -1.27. The van der Waals surface area contributed by atoms with Crippen LogP contribution in [-0.2, 0) is 11.2 Å². The lowest BCUT2D eigenvalue weighted by Crippen LogP contribution is -2.31. The average molecular weight is 359 g/mol. The zero-order valence-electron chi connectivity index (χ0n) is 12.4. The van der Waals surface area contributed by atoms with Crippen molar-refractivity contribution in [1.29, 1.82) is 0 Å². The Morgan fingerprint density at radius 3 is 2.48 bits per heavy atom. The van der Waals surface area contributed by atoms with Crippen LogP contribution in [0.1, 0.15) is 29.0 Å². The summed E-state index contributed by atoms with van der Waals surface area (Å²) in [6.07, 6.45) is 0.901. The molecule has 0 bridgehead atoms. The fourth-order valence-electron chi connectivity index (χ4n) is 2.07. The van der Waals surface area contributed by atoms with Gasteiger partial charge in [0.15, 0.2) is 0 Å². The van der Waals surface area contributed by atoms with Crippen LogP contribution in [0.25, 0.3) is 0 Å². The quantitative estimate of drug-likeness (QED) is 0.805. The van der Waals surface area contributed by atoms with E-state index in [0.717, 1.165) is 22.4 Å². The van der Waals surface area contributed by atoms with Crippen LogP contribution in [0.15, 0.2) is 41.8 Å². The van der Waals surface area contributed by atoms with Gasteiger partial charge in [-0.15, -0.1) is 11.3 Å². The molecule has 2 rings (SSSR count). The van der Waals surface area contributed by atoms with E-state index >= 15 is 0 Å². The molecular weight excluding hydrogens is 343 g/mol. The third-order valence-electron chi connectivity index (χ3n) is 3.22. The lowest BCUT2D eigenvalue weighted by atomic mass is 10.0. The minimum absolute atomic E-state index is 0.326. The van der Waals surface area contributed by atoms with Crippen molar-refractivity contribution in [1.82, 2.24) is 5.32 Å². The first-order valence-corrected chi connectivity index (χ1v) is 8.88. The first kappa shape index (κ1) is 17.9. The van der Waals surface area contributed by atoms with Crippen molar-refractivity contribution in [3.05, 3.63) is 57.8 Å². The Labute approximate surface area is 141 Å². The van der Waals surface area contributed by atoms with Crippen molar-refractivity contribution >= 4 is 29.0 Å². The van der Waals surface area contributed by atoms with E-state index in [4.69, 9.17) is 0 Å². The SMILES string of the molecule is CCc1ccc(C(NC(=O)CSC(F)(F)F)c2cccs2)cc1. The number of alkyl halides is 3. The van der Waals surface area contributed by atoms with E-state index in [1.807, 2.05) is 48.7 Å². The van der Waals surface area contributed by atoms with Gasteiger partial charge in [-0.1, -0.05) is 37.3 Å². The number of amides is 1. The molecule has 0 saturated carbocycles. The molecule has 0 fully saturated rings. The Balaban J connectivity index is 2.13. The van der Waals surface area contributed by atoms with Gasteiger partial charge in [-0.3, -0.25) is 4.79 Å². The number of halogens is 3. The van der Waals surface area contributed by atoms with E-state index in [0.29, 0.717) is 0 Å². The predicted molar refractivity (Wildman–Crippen MR) is 88.6 cm³/mol. The molecular formula is C16H16F3NOS2. The van der Waals surface area contributed by atoms with Gasteiger partial charge in [0, 0.05) is 4.88 Å². The van der Waals surface area contributed by atoms with Crippen molar-refractivity contribution in [3.8, 4) is 0 Å². The fraction of sp³-hybridized carbons (Fsp3) is 0.312. The maximum absolute atomic E-state index is 12.2. The van der Waals surface area contributed by atoms with Crippen LogP contribution in [0.4, 0.5) is 13.2 Å². The Morgan fingerprint density at radius 2 is 1.96 bits per heavy atom. The van der Waals surface area contributed by atoms with E-state index in [1.165, 1.54) is 11.3 Å². The number of thiophene rings is 1. The highest BCUT2D eigenvalue weighted by Crippen LogP contribution is 2.31. The molecule has 23 heavy (non-hydrogen) atoms. The zero-order chi connectivity index (χ0) is 16.9. The number of benzene rings is 1. The maximum Gasteiger partial charge on any atom is 0.442 e. The summed E-state index contributed by atoms with van der Waals surface area (Å²) in [5.41, 5.74) is -2.38. The van der Waals surface area contributed by atoms with Crippen molar-refractivity contribution in [3.63, 3.8) is 0 Å². The second-order valence-corrected chi connectivity index (χ2v) is 6.87. The molecule has 7 heteroatoms. The molecule has 124 valence electrons. The molecule has 1 heterocycles. The van der Waals surface area contributed by atoms with Gasteiger partial charge in [0.25, 0.3) is 0 Å². The van der Waals surface area contributed by atoms with Crippen LogP contribution >= 0.6 is 23.1 Å². The minimum Gasteiger partial charge on any atom is -0.344 e. The van der Waals surface area contributed by atoms with E-state index in [1.54, 1.807) is 0 Å². The molecule has 1 aromatic carbocycles. The Morgan fingerprint density at radius 1 is 1.26 bits per heavy atom. The van der Waals surface area contributed by atoms with Gasteiger partial charge >= 0.3 is 5.51 Å². The number of thioether (sulfide) groups is 1. The van der Waals surface area contributed by atoms with Gasteiger partial charge in [0.05, 0.1) is 11.8 Å². The monoisotopic (exact) mass is 359 g/mol. The summed E-state index contributed by atoms with van der Waals surface area (Å²) < 4.78 is 36.7. The van der Waals surface area contributed by atoms with E-state index in [9.17, 15) is 18.0 Å². The average Bonchev–Trinajstić information content (AvgIpc) is 3.04. The second kappa shape index (κ2) is 7.88. The van der Waals surface area contributed by atoms with Gasteiger partial charge in [0.1, 0.15) is 0 Å². The highest BCUT2D eigenvalue weighted by molar-refractivity contribution is 8.00. The molecule has 0 aliphatic carbocycles. The van der Waals surface area contributed by atoms with Gasteiger partial charge in [0.2, 0.25) is 5.91 Å². The molecule has 1 N–H and O–H groups in total. The van der Waals surface area contributed by atoms with Crippen LogP contribution in [0.2, 0.25) is 0 Å². The first-order chi connectivity index (χ1) is 10.9. The summed E-state index contributed by atoms with van der Waals surface area (Å²) >= 11 is 1.13. The molecule has 1 aromatic heterocycles. The van der Waals surface area contributed by atoms with Crippen molar-refractivity contribution < 1.29 is 18.0 Å². The Bertz CT molecular complexity index is 624. The van der Waals surface area contributed by atoms with Crippen LogP contribution < -0.4 is 5.32 Å². The number of hydrogen-bond acceptors (Lipinski definition) is 3. The minimum atomic E-state index is -4.40. The molecule has 0 aliphatic heterocycles. The summed E-state index contributed by atoms with van der Waals surface area (Å²) in [7, 11) is 0. The van der Waals surface area contributed by atoms with Crippen molar-refractivity contribution in [2.45, 2.75) is 24.9 Å². The predicted octanol–water partition coefficient (Wildman–Crippen LogP) is 4.77. The van der Waals surface area contributed by atoms with Gasteiger partial charge in [-0.2, -0.15) is 13.2 Å². The number of nitrogens with one attached hydrogen (secondary N) is 1. The normalized spacial score (nSPS) is 12.9. The van der Waals surface area contributed by atoms with Gasteiger partial charge < -0.3 is 5.32 Å². The Kier molecular flexibility index (Phi) is 6.12. The van der Waals surface area contributed by atoms with E-state index in [2.05, 4.69) is 5.32 Å². The topological polar surface area (TPSA) is 29.1 Å². The second-order valence-electron chi connectivity index (χ2n) is 4.85. The molecule has 0 radical (unpaired) electrons. The van der Waals surface area contributed by atoms with Crippen LogP contribution in [0.3, 0.4) is 0 Å². The first-order valence-electron chi connectivity index (χ1n) is 7.01. The zero-order valence-corrected chi connectivity index (χ0v) is 14.0. The van der Waals surface area contributed by atoms with Crippen LogP contribution in [0.5, 0.6) is 0 Å². The fourth-order valence-corrected chi connectivity index (χ4v) is 3.25. The number of aryl methyl sites for hydroxylation is 1. The highest BCUT2D eigenvalue weighted by atomic mass is 32.2. The van der Waals surface area contributed by atoms with Crippen LogP contribution in [-0.4, -0.2) is 17.2 Å². The maximum atomic E-state index is 12.2. The van der Waals surface area contributed by atoms with E-state index in [-0.39, 0.29) is 11.8 Å². The molecule has 2 nitrogen and oxygen atoms in total. The van der Waals surface area contributed by atoms with Gasteiger partial charge in [-0.05, 0) is 40.8 Å². The molecule has 1 atom stereocenters.